The van der Waals surface area contributed by atoms with Crippen LogP contribution < -0.4 is 20.3 Å². The lowest BCUT2D eigenvalue weighted by Gasteiger charge is -2.31. The number of rotatable bonds is 9. The number of piperazine rings is 1. The van der Waals surface area contributed by atoms with Gasteiger partial charge in [-0.15, -0.1) is 0 Å². The Morgan fingerprint density at radius 2 is 1.79 bits per heavy atom. The number of amides is 2. The van der Waals surface area contributed by atoms with Gasteiger partial charge in [0, 0.05) is 6.54 Å². The second kappa shape index (κ2) is 10.6. The summed E-state index contributed by atoms with van der Waals surface area (Å²) in [5.74, 6) is 0.192. The fourth-order valence-electron chi connectivity index (χ4n) is 3.16. The SMILES string of the molecule is CCNC(=O)[C@@H](C)NC(=O)C[NH+]1CCN(S(=O)(=O)c2ccc(OCC)cc2)CC1. The van der Waals surface area contributed by atoms with Crippen LogP contribution in [0.3, 0.4) is 0 Å². The highest BCUT2D eigenvalue weighted by molar-refractivity contribution is 7.89. The van der Waals surface area contributed by atoms with Gasteiger partial charge in [0.25, 0.3) is 5.91 Å². The molecule has 1 aromatic carbocycles. The first-order chi connectivity index (χ1) is 13.8. The van der Waals surface area contributed by atoms with Crippen LogP contribution in [0.15, 0.2) is 29.2 Å². The van der Waals surface area contributed by atoms with Crippen LogP contribution in [0, 0.1) is 0 Å². The zero-order valence-corrected chi connectivity index (χ0v) is 18.0. The smallest absolute Gasteiger partial charge is 0.275 e. The lowest BCUT2D eigenvalue weighted by atomic mass is 10.3. The quantitative estimate of drug-likeness (QED) is 0.450. The summed E-state index contributed by atoms with van der Waals surface area (Å²) in [7, 11) is -3.57. The molecule has 1 aromatic rings. The van der Waals surface area contributed by atoms with E-state index < -0.39 is 16.1 Å². The monoisotopic (exact) mass is 427 g/mol. The van der Waals surface area contributed by atoms with Crippen LogP contribution in [0.5, 0.6) is 5.75 Å². The molecule has 0 radical (unpaired) electrons. The zero-order chi connectivity index (χ0) is 21.4. The number of carbonyl (C=O) groups is 2. The average Bonchev–Trinajstić information content (AvgIpc) is 2.69. The zero-order valence-electron chi connectivity index (χ0n) is 17.2. The minimum Gasteiger partial charge on any atom is -0.494 e. The predicted octanol–water partition coefficient (Wildman–Crippen LogP) is -1.38. The number of likely N-dealkylation sites (N-methyl/N-ethyl adjacent to an activating group) is 1. The molecule has 162 valence electrons. The standard InChI is InChI=1S/C19H30N4O5S/c1-4-20-19(25)15(3)21-18(24)14-22-10-12-23(13-11-22)29(26,27)17-8-6-16(7-9-17)28-5-2/h6-9,15H,4-5,10-14H2,1-3H3,(H,20,25)(H,21,24)/p+1/t15-/m1/s1. The Morgan fingerprint density at radius 1 is 1.17 bits per heavy atom. The fraction of sp³-hybridized carbons (Fsp3) is 0.579. The van der Waals surface area contributed by atoms with E-state index >= 15 is 0 Å². The number of hydrogen-bond donors (Lipinski definition) is 3. The number of ether oxygens (including phenoxy) is 1. The van der Waals surface area contributed by atoms with Gasteiger partial charge in [0.2, 0.25) is 15.9 Å². The van der Waals surface area contributed by atoms with Crippen molar-refractivity contribution in [3.63, 3.8) is 0 Å². The van der Waals surface area contributed by atoms with Crippen molar-refractivity contribution in [2.45, 2.75) is 31.7 Å². The molecule has 10 heteroatoms. The largest absolute Gasteiger partial charge is 0.494 e. The molecule has 1 aliphatic rings. The maximum absolute atomic E-state index is 12.8. The molecule has 2 amide bonds. The highest BCUT2D eigenvalue weighted by Crippen LogP contribution is 2.19. The topological polar surface area (TPSA) is 109 Å². The Hall–Kier alpha value is -2.17. The number of sulfonamides is 1. The third kappa shape index (κ3) is 6.41. The van der Waals surface area contributed by atoms with Crippen molar-refractivity contribution in [2.24, 2.45) is 0 Å². The Labute approximate surface area is 172 Å². The Balaban J connectivity index is 1.86. The molecule has 1 aliphatic heterocycles. The van der Waals surface area contributed by atoms with Gasteiger partial charge < -0.3 is 20.3 Å². The second-order valence-electron chi connectivity index (χ2n) is 6.92. The van der Waals surface area contributed by atoms with Crippen molar-refractivity contribution in [1.29, 1.82) is 0 Å². The van der Waals surface area contributed by atoms with Crippen molar-refractivity contribution >= 4 is 21.8 Å². The summed E-state index contributed by atoms with van der Waals surface area (Å²) in [6.45, 7) is 8.29. The summed E-state index contributed by atoms with van der Waals surface area (Å²) in [6, 6.07) is 5.81. The molecule has 29 heavy (non-hydrogen) atoms. The third-order valence-electron chi connectivity index (χ3n) is 4.73. The number of hydrogen-bond acceptors (Lipinski definition) is 5. The number of benzene rings is 1. The van der Waals surface area contributed by atoms with Crippen LogP contribution in [-0.4, -0.2) is 76.5 Å². The molecule has 0 spiro atoms. The maximum Gasteiger partial charge on any atom is 0.275 e. The average molecular weight is 428 g/mol. The van der Waals surface area contributed by atoms with E-state index in [0.717, 1.165) is 4.90 Å². The highest BCUT2D eigenvalue weighted by atomic mass is 32.2. The van der Waals surface area contributed by atoms with Crippen molar-refractivity contribution in [3.05, 3.63) is 24.3 Å². The van der Waals surface area contributed by atoms with E-state index in [2.05, 4.69) is 10.6 Å². The fourth-order valence-corrected chi connectivity index (χ4v) is 4.60. The molecule has 0 aromatic heterocycles. The van der Waals surface area contributed by atoms with Gasteiger partial charge in [-0.3, -0.25) is 9.59 Å². The lowest BCUT2D eigenvalue weighted by molar-refractivity contribution is -0.895. The summed E-state index contributed by atoms with van der Waals surface area (Å²) in [5, 5.41) is 5.34. The van der Waals surface area contributed by atoms with Crippen molar-refractivity contribution in [2.75, 3.05) is 45.9 Å². The van der Waals surface area contributed by atoms with E-state index in [-0.39, 0.29) is 23.3 Å². The van der Waals surface area contributed by atoms with E-state index in [1.807, 2.05) is 13.8 Å². The molecular formula is C19H31N4O5S+. The van der Waals surface area contributed by atoms with Crippen LogP contribution in [0.1, 0.15) is 20.8 Å². The van der Waals surface area contributed by atoms with Crippen molar-refractivity contribution in [1.82, 2.24) is 14.9 Å². The Kier molecular flexibility index (Phi) is 8.42. The summed E-state index contributed by atoms with van der Waals surface area (Å²) in [4.78, 5) is 25.1. The summed E-state index contributed by atoms with van der Waals surface area (Å²) in [5.41, 5.74) is 0. The third-order valence-corrected chi connectivity index (χ3v) is 6.65. The molecule has 0 bridgehead atoms. The first kappa shape index (κ1) is 23.1. The van der Waals surface area contributed by atoms with Crippen LogP contribution in [0.2, 0.25) is 0 Å². The molecule has 9 nitrogen and oxygen atoms in total. The number of nitrogens with zero attached hydrogens (tertiary/aromatic N) is 1. The summed E-state index contributed by atoms with van der Waals surface area (Å²) in [6.07, 6.45) is 0. The number of carbonyl (C=O) groups excluding carboxylic acids is 2. The maximum atomic E-state index is 12.8. The Morgan fingerprint density at radius 3 is 2.34 bits per heavy atom. The molecule has 1 saturated heterocycles. The second-order valence-corrected chi connectivity index (χ2v) is 8.86. The minimum atomic E-state index is -3.57. The molecule has 0 aliphatic carbocycles. The van der Waals surface area contributed by atoms with Crippen LogP contribution in [0.25, 0.3) is 0 Å². The molecule has 0 unspecified atom stereocenters. The number of quaternary nitrogens is 1. The normalized spacial score (nSPS) is 16.8. The van der Waals surface area contributed by atoms with Gasteiger partial charge in [-0.25, -0.2) is 8.42 Å². The van der Waals surface area contributed by atoms with E-state index in [9.17, 15) is 18.0 Å². The van der Waals surface area contributed by atoms with E-state index in [0.29, 0.717) is 45.1 Å². The van der Waals surface area contributed by atoms with E-state index in [1.54, 1.807) is 31.2 Å². The van der Waals surface area contributed by atoms with Gasteiger partial charge in [-0.05, 0) is 45.0 Å². The summed E-state index contributed by atoms with van der Waals surface area (Å²) >= 11 is 0. The molecule has 1 fully saturated rings. The van der Waals surface area contributed by atoms with Crippen LogP contribution >= 0.6 is 0 Å². The first-order valence-corrected chi connectivity index (χ1v) is 11.4. The lowest BCUT2D eigenvalue weighted by Crippen LogP contribution is -3.15. The summed E-state index contributed by atoms with van der Waals surface area (Å²) < 4.78 is 32.4. The van der Waals surface area contributed by atoms with Crippen molar-refractivity contribution < 1.29 is 27.6 Å². The van der Waals surface area contributed by atoms with Gasteiger partial charge >= 0.3 is 0 Å². The van der Waals surface area contributed by atoms with Crippen LogP contribution in [-0.2, 0) is 19.6 Å². The van der Waals surface area contributed by atoms with Gasteiger partial charge in [0.15, 0.2) is 6.54 Å². The first-order valence-electron chi connectivity index (χ1n) is 9.91. The van der Waals surface area contributed by atoms with Crippen molar-refractivity contribution in [3.8, 4) is 5.75 Å². The van der Waals surface area contributed by atoms with Gasteiger partial charge in [-0.1, -0.05) is 0 Å². The minimum absolute atomic E-state index is 0.209. The molecular weight excluding hydrogens is 396 g/mol. The molecule has 1 atom stereocenters. The van der Waals surface area contributed by atoms with Crippen LogP contribution in [0.4, 0.5) is 0 Å². The molecule has 2 rings (SSSR count). The van der Waals surface area contributed by atoms with E-state index in [4.69, 9.17) is 4.74 Å². The highest BCUT2D eigenvalue weighted by Gasteiger charge is 2.31. The Bertz CT molecular complexity index is 789. The molecule has 0 saturated carbocycles. The molecule has 1 heterocycles. The van der Waals surface area contributed by atoms with Gasteiger partial charge in [0.1, 0.15) is 11.8 Å². The number of nitrogens with one attached hydrogen (secondary N) is 3. The van der Waals surface area contributed by atoms with Gasteiger partial charge in [-0.2, -0.15) is 4.31 Å². The molecule has 3 N–H and O–H groups in total. The van der Waals surface area contributed by atoms with Gasteiger partial charge in [0.05, 0.1) is 37.7 Å². The van der Waals surface area contributed by atoms with E-state index in [1.165, 1.54) is 4.31 Å². The predicted molar refractivity (Wildman–Crippen MR) is 108 cm³/mol.